The average molecular weight is 263 g/mol. The van der Waals surface area contributed by atoms with E-state index in [1.54, 1.807) is 0 Å². The standard InChI is InChI=1S/C6H5Br.Na.H2O3S.H/c7-6-4-2-1-3-5-6;;1-4(2)3;/h1-5H;;(H2,1,2,3);/q;+1;;-1. The minimum Gasteiger partial charge on any atom is -1.00 e. The maximum atomic E-state index is 8.67. The summed E-state index contributed by atoms with van der Waals surface area (Å²) in [6, 6.07) is 9.97. The predicted octanol–water partition coefficient (Wildman–Crippen LogP) is -0.753. The van der Waals surface area contributed by atoms with Gasteiger partial charge >= 0.3 is 29.6 Å². The third-order valence-electron chi connectivity index (χ3n) is 0.733. The van der Waals surface area contributed by atoms with E-state index in [2.05, 4.69) is 15.9 Å². The number of rotatable bonds is 0. The van der Waals surface area contributed by atoms with Crippen LogP contribution in [0.3, 0.4) is 0 Å². The van der Waals surface area contributed by atoms with Gasteiger partial charge in [0.1, 0.15) is 0 Å². The van der Waals surface area contributed by atoms with Gasteiger partial charge in [-0.05, 0) is 12.1 Å². The Morgan fingerprint density at radius 3 is 1.75 bits per heavy atom. The van der Waals surface area contributed by atoms with Crippen molar-refractivity contribution >= 4 is 27.3 Å². The van der Waals surface area contributed by atoms with Crippen LogP contribution in [-0.4, -0.2) is 13.3 Å². The second-order valence-electron chi connectivity index (χ2n) is 1.53. The summed E-state index contributed by atoms with van der Waals surface area (Å²) in [4.78, 5) is 0. The molecule has 2 N–H and O–H groups in total. The van der Waals surface area contributed by atoms with E-state index in [9.17, 15) is 0 Å². The van der Waals surface area contributed by atoms with Crippen molar-refractivity contribution in [1.82, 2.24) is 0 Å². The Balaban J connectivity index is -0.000000150. The zero-order chi connectivity index (χ0) is 8.69. The Kier molecular flexibility index (Phi) is 12.5. The number of halogens is 1. The molecule has 0 amide bonds. The summed E-state index contributed by atoms with van der Waals surface area (Å²) in [5.74, 6) is 0. The molecule has 0 saturated heterocycles. The summed E-state index contributed by atoms with van der Waals surface area (Å²) in [5, 5.41) is 0. The van der Waals surface area contributed by atoms with Crippen LogP contribution in [0.4, 0.5) is 0 Å². The Morgan fingerprint density at radius 2 is 1.58 bits per heavy atom. The van der Waals surface area contributed by atoms with Gasteiger partial charge in [0.2, 0.25) is 0 Å². The van der Waals surface area contributed by atoms with Crippen LogP contribution >= 0.6 is 15.9 Å². The molecule has 1 aromatic carbocycles. The van der Waals surface area contributed by atoms with Crippen molar-refractivity contribution in [2.24, 2.45) is 0 Å². The molecule has 0 spiro atoms. The quantitative estimate of drug-likeness (QED) is 0.478. The van der Waals surface area contributed by atoms with Gasteiger partial charge in [-0.25, -0.2) is 0 Å². The zero-order valence-electron chi connectivity index (χ0n) is 7.48. The molecular weight excluding hydrogens is 255 g/mol. The predicted molar refractivity (Wildman–Crippen MR) is 48.7 cm³/mol. The first kappa shape index (κ1) is 15.3. The maximum absolute atomic E-state index is 8.67. The molecule has 0 atom stereocenters. The van der Waals surface area contributed by atoms with Crippen LogP contribution in [0.1, 0.15) is 1.43 Å². The van der Waals surface area contributed by atoms with Crippen LogP contribution in [0.2, 0.25) is 0 Å². The summed E-state index contributed by atoms with van der Waals surface area (Å²) in [5.41, 5.74) is 0. The van der Waals surface area contributed by atoms with E-state index in [4.69, 9.17) is 13.3 Å². The van der Waals surface area contributed by atoms with Gasteiger partial charge in [-0.3, -0.25) is 9.11 Å². The number of benzene rings is 1. The topological polar surface area (TPSA) is 57.5 Å². The fourth-order valence-corrected chi connectivity index (χ4v) is 0.720. The Bertz CT molecular complexity index is 220. The second kappa shape index (κ2) is 9.85. The first-order valence-corrected chi connectivity index (χ1v) is 4.49. The molecule has 1 rings (SSSR count). The molecule has 3 nitrogen and oxygen atoms in total. The monoisotopic (exact) mass is 262 g/mol. The van der Waals surface area contributed by atoms with E-state index in [-0.39, 0.29) is 31.0 Å². The van der Waals surface area contributed by atoms with Crippen molar-refractivity contribution < 1.29 is 44.3 Å². The Labute approximate surface area is 106 Å². The summed E-state index contributed by atoms with van der Waals surface area (Å²) in [7, 11) is 0. The van der Waals surface area contributed by atoms with E-state index in [1.807, 2.05) is 30.3 Å². The largest absolute Gasteiger partial charge is 1.00 e. The molecule has 64 valence electrons. The summed E-state index contributed by atoms with van der Waals surface area (Å²) in [6.07, 6.45) is 0. The minimum absolute atomic E-state index is 0. The van der Waals surface area contributed by atoms with E-state index >= 15 is 0 Å². The first-order valence-electron chi connectivity index (χ1n) is 2.63. The van der Waals surface area contributed by atoms with Crippen LogP contribution in [0, 0.1) is 0 Å². The molecule has 12 heavy (non-hydrogen) atoms. The Morgan fingerprint density at radius 1 is 1.25 bits per heavy atom. The van der Waals surface area contributed by atoms with Gasteiger partial charge in [0.15, 0.2) is 0 Å². The molecule has 6 heteroatoms. The average Bonchev–Trinajstić information content (AvgIpc) is 1.87. The third-order valence-corrected chi connectivity index (χ3v) is 1.26. The molecule has 1 aromatic rings. The van der Waals surface area contributed by atoms with Crippen molar-refractivity contribution in [2.45, 2.75) is 0 Å². The molecule has 0 fully saturated rings. The van der Waals surface area contributed by atoms with E-state index in [0.29, 0.717) is 0 Å². The molecule has 0 aliphatic rings. The SMILES string of the molecule is Brc1ccccc1.O=S(O)O.[H-].[Na+]. The molecule has 0 aliphatic heterocycles. The van der Waals surface area contributed by atoms with Crippen LogP contribution in [-0.2, 0) is 11.4 Å². The van der Waals surface area contributed by atoms with Crippen LogP contribution in [0.25, 0.3) is 0 Å². The number of hydrogen-bond acceptors (Lipinski definition) is 1. The smallest absolute Gasteiger partial charge is 1.00 e. The Hall–Kier alpha value is 0.770. The fourth-order valence-electron chi connectivity index (χ4n) is 0.415. The van der Waals surface area contributed by atoms with Crippen molar-refractivity contribution in [3.63, 3.8) is 0 Å². The van der Waals surface area contributed by atoms with Gasteiger partial charge in [0.25, 0.3) is 11.4 Å². The van der Waals surface area contributed by atoms with Crippen molar-refractivity contribution in [2.75, 3.05) is 0 Å². The summed E-state index contributed by atoms with van der Waals surface area (Å²) in [6.45, 7) is 0. The fraction of sp³-hybridized carbons (Fsp3) is 0. The summed E-state index contributed by atoms with van der Waals surface area (Å²) < 4.78 is 24.0. The molecular formula is C6H8BrNaO3S. The van der Waals surface area contributed by atoms with Gasteiger partial charge in [0, 0.05) is 4.47 Å². The summed E-state index contributed by atoms with van der Waals surface area (Å²) >= 11 is 0.700. The molecule has 0 unspecified atom stereocenters. The van der Waals surface area contributed by atoms with Crippen LogP contribution in [0.15, 0.2) is 34.8 Å². The normalized spacial score (nSPS) is 8.00. The molecule has 0 radical (unpaired) electrons. The maximum Gasteiger partial charge on any atom is 1.00 e. The van der Waals surface area contributed by atoms with Gasteiger partial charge in [-0.15, -0.1) is 0 Å². The third kappa shape index (κ3) is 13.4. The van der Waals surface area contributed by atoms with Gasteiger partial charge in [0.05, 0.1) is 0 Å². The molecule has 0 heterocycles. The van der Waals surface area contributed by atoms with Gasteiger partial charge in [-0.2, -0.15) is 4.21 Å². The minimum atomic E-state index is -2.61. The van der Waals surface area contributed by atoms with Crippen molar-refractivity contribution in [1.29, 1.82) is 0 Å². The van der Waals surface area contributed by atoms with Crippen molar-refractivity contribution in [3.8, 4) is 0 Å². The first-order chi connectivity index (χ1) is 5.13. The van der Waals surface area contributed by atoms with Crippen LogP contribution in [0.5, 0.6) is 0 Å². The molecule has 0 aromatic heterocycles. The van der Waals surface area contributed by atoms with E-state index < -0.39 is 11.4 Å². The van der Waals surface area contributed by atoms with Crippen LogP contribution < -0.4 is 29.6 Å². The van der Waals surface area contributed by atoms with Crippen molar-refractivity contribution in [3.05, 3.63) is 34.8 Å². The molecule has 0 bridgehead atoms. The second-order valence-corrected chi connectivity index (χ2v) is 2.90. The van der Waals surface area contributed by atoms with Gasteiger partial charge < -0.3 is 1.43 Å². The van der Waals surface area contributed by atoms with Gasteiger partial charge in [-0.1, -0.05) is 34.1 Å². The molecule has 0 aliphatic carbocycles. The zero-order valence-corrected chi connectivity index (χ0v) is 10.9. The van der Waals surface area contributed by atoms with E-state index in [0.717, 1.165) is 4.47 Å². The number of hydrogen-bond donors (Lipinski definition) is 2. The van der Waals surface area contributed by atoms with E-state index in [1.165, 1.54) is 0 Å². The molecule has 0 saturated carbocycles.